The zero-order valence-corrected chi connectivity index (χ0v) is 13.8. The minimum atomic E-state index is 0.0446. The fraction of sp³-hybridized carbons (Fsp3) is 0.105. The van der Waals surface area contributed by atoms with Crippen LogP contribution in [0.3, 0.4) is 0 Å². The third-order valence-corrected chi connectivity index (χ3v) is 3.78. The van der Waals surface area contributed by atoms with Gasteiger partial charge in [-0.2, -0.15) is 5.26 Å². The van der Waals surface area contributed by atoms with Gasteiger partial charge in [-0.25, -0.2) is 0 Å². The second-order valence-corrected chi connectivity index (χ2v) is 5.37. The molecule has 0 fully saturated rings. The standard InChI is InChI=1S/C19H16N4O2/c1-23-18(14-6-4-3-5-7-14)21-22-19(23)15(12-20)10-13-8-9-16(24)17(11-13)25-2/h3-11,24H,1-2H3/b15-10-. The predicted octanol–water partition coefficient (Wildman–Crippen LogP) is 3.26. The van der Waals surface area contributed by atoms with Crippen LogP contribution in [0.25, 0.3) is 23.0 Å². The van der Waals surface area contributed by atoms with E-state index in [1.54, 1.807) is 22.8 Å². The van der Waals surface area contributed by atoms with Gasteiger partial charge in [-0.1, -0.05) is 36.4 Å². The lowest BCUT2D eigenvalue weighted by atomic mass is 10.1. The van der Waals surface area contributed by atoms with Crippen molar-refractivity contribution in [3.05, 3.63) is 59.9 Å². The molecular weight excluding hydrogens is 316 g/mol. The minimum Gasteiger partial charge on any atom is -0.504 e. The van der Waals surface area contributed by atoms with Crippen LogP contribution in [0.5, 0.6) is 11.5 Å². The summed E-state index contributed by atoms with van der Waals surface area (Å²) in [7, 11) is 3.29. The van der Waals surface area contributed by atoms with Crippen LogP contribution in [-0.2, 0) is 7.05 Å². The van der Waals surface area contributed by atoms with E-state index in [2.05, 4.69) is 16.3 Å². The van der Waals surface area contributed by atoms with Crippen molar-refractivity contribution in [2.24, 2.45) is 7.05 Å². The first-order valence-corrected chi connectivity index (χ1v) is 7.58. The number of aromatic nitrogens is 3. The minimum absolute atomic E-state index is 0.0446. The van der Waals surface area contributed by atoms with Crippen molar-refractivity contribution in [2.75, 3.05) is 7.11 Å². The molecule has 3 aromatic rings. The number of methoxy groups -OCH3 is 1. The van der Waals surface area contributed by atoms with Crippen molar-refractivity contribution in [3.63, 3.8) is 0 Å². The number of allylic oxidation sites excluding steroid dienone is 1. The first-order valence-electron chi connectivity index (χ1n) is 7.58. The molecule has 0 amide bonds. The first kappa shape index (κ1) is 16.3. The number of nitrogens with zero attached hydrogens (tertiary/aromatic N) is 4. The van der Waals surface area contributed by atoms with Gasteiger partial charge in [0.15, 0.2) is 23.1 Å². The van der Waals surface area contributed by atoms with Gasteiger partial charge in [-0.3, -0.25) is 0 Å². The molecule has 0 bridgehead atoms. The van der Waals surface area contributed by atoms with Crippen molar-refractivity contribution in [3.8, 4) is 29.0 Å². The summed E-state index contributed by atoms with van der Waals surface area (Å²) in [4.78, 5) is 0. The van der Waals surface area contributed by atoms with E-state index in [4.69, 9.17) is 4.74 Å². The Kier molecular flexibility index (Phi) is 4.48. The number of phenolic OH excluding ortho intramolecular Hbond substituents is 1. The van der Waals surface area contributed by atoms with Gasteiger partial charge in [0, 0.05) is 12.6 Å². The largest absolute Gasteiger partial charge is 0.504 e. The lowest BCUT2D eigenvalue weighted by Gasteiger charge is -2.05. The molecule has 0 saturated carbocycles. The van der Waals surface area contributed by atoms with Crippen LogP contribution in [0.15, 0.2) is 48.5 Å². The number of aromatic hydroxyl groups is 1. The number of benzene rings is 2. The van der Waals surface area contributed by atoms with Crippen molar-refractivity contribution < 1.29 is 9.84 Å². The summed E-state index contributed by atoms with van der Waals surface area (Å²) < 4.78 is 6.88. The predicted molar refractivity (Wildman–Crippen MR) is 94.6 cm³/mol. The lowest BCUT2D eigenvalue weighted by molar-refractivity contribution is 0.373. The van der Waals surface area contributed by atoms with Crippen molar-refractivity contribution in [1.82, 2.24) is 14.8 Å². The third kappa shape index (κ3) is 3.21. The zero-order valence-electron chi connectivity index (χ0n) is 13.8. The van der Waals surface area contributed by atoms with E-state index in [1.165, 1.54) is 13.2 Å². The molecular formula is C19H16N4O2. The summed E-state index contributed by atoms with van der Waals surface area (Å²) in [6.07, 6.45) is 1.68. The first-order chi connectivity index (χ1) is 12.1. The second kappa shape index (κ2) is 6.89. The quantitative estimate of drug-likeness (QED) is 0.741. The molecule has 1 aromatic heterocycles. The van der Waals surface area contributed by atoms with Gasteiger partial charge in [0.2, 0.25) is 0 Å². The molecule has 124 valence electrons. The lowest BCUT2D eigenvalue weighted by Crippen LogP contribution is -1.98. The Morgan fingerprint density at radius 2 is 1.96 bits per heavy atom. The highest BCUT2D eigenvalue weighted by atomic mass is 16.5. The van der Waals surface area contributed by atoms with Crippen molar-refractivity contribution in [2.45, 2.75) is 0 Å². The number of phenols is 1. The van der Waals surface area contributed by atoms with Gasteiger partial charge >= 0.3 is 0 Å². The van der Waals surface area contributed by atoms with E-state index in [-0.39, 0.29) is 5.75 Å². The summed E-state index contributed by atoms with van der Waals surface area (Å²) in [5.74, 6) is 1.53. The van der Waals surface area contributed by atoms with Gasteiger partial charge in [0.25, 0.3) is 0 Å². The zero-order chi connectivity index (χ0) is 17.8. The number of hydrogen-bond acceptors (Lipinski definition) is 5. The summed E-state index contributed by atoms with van der Waals surface area (Å²) in [5, 5.41) is 27.6. The maximum Gasteiger partial charge on any atom is 0.174 e. The molecule has 0 aliphatic carbocycles. The fourth-order valence-electron chi connectivity index (χ4n) is 2.50. The van der Waals surface area contributed by atoms with Crippen LogP contribution in [0, 0.1) is 11.3 Å². The van der Waals surface area contributed by atoms with Crippen LogP contribution < -0.4 is 4.74 Å². The number of hydrogen-bond donors (Lipinski definition) is 1. The van der Waals surface area contributed by atoms with E-state index in [0.717, 1.165) is 11.1 Å². The number of nitriles is 1. The topological polar surface area (TPSA) is 84.0 Å². The van der Waals surface area contributed by atoms with Crippen LogP contribution >= 0.6 is 0 Å². The van der Waals surface area contributed by atoms with E-state index in [0.29, 0.717) is 23.0 Å². The molecule has 0 unspecified atom stereocenters. The molecule has 0 aliphatic heterocycles. The average Bonchev–Trinajstić information content (AvgIpc) is 3.03. The smallest absolute Gasteiger partial charge is 0.174 e. The van der Waals surface area contributed by atoms with E-state index >= 15 is 0 Å². The van der Waals surface area contributed by atoms with Gasteiger partial charge < -0.3 is 14.4 Å². The summed E-state index contributed by atoms with van der Waals surface area (Å²) in [6.45, 7) is 0. The van der Waals surface area contributed by atoms with Gasteiger partial charge in [0.05, 0.1) is 12.7 Å². The molecule has 0 saturated heterocycles. The Hall–Kier alpha value is -3.59. The van der Waals surface area contributed by atoms with Crippen LogP contribution in [0.1, 0.15) is 11.4 Å². The van der Waals surface area contributed by atoms with Gasteiger partial charge in [-0.05, 0) is 23.8 Å². The monoisotopic (exact) mass is 332 g/mol. The van der Waals surface area contributed by atoms with Crippen LogP contribution in [0.2, 0.25) is 0 Å². The van der Waals surface area contributed by atoms with Crippen molar-refractivity contribution >= 4 is 11.6 Å². The highest BCUT2D eigenvalue weighted by Crippen LogP contribution is 2.28. The molecule has 6 nitrogen and oxygen atoms in total. The summed E-state index contributed by atoms with van der Waals surface area (Å²) in [5.41, 5.74) is 2.01. The average molecular weight is 332 g/mol. The Morgan fingerprint density at radius 3 is 2.64 bits per heavy atom. The summed E-state index contributed by atoms with van der Waals surface area (Å²) in [6, 6.07) is 16.7. The molecule has 6 heteroatoms. The number of ether oxygens (including phenoxy) is 1. The van der Waals surface area contributed by atoms with Crippen LogP contribution in [0.4, 0.5) is 0 Å². The molecule has 25 heavy (non-hydrogen) atoms. The molecule has 0 atom stereocenters. The molecule has 0 aliphatic rings. The molecule has 3 rings (SSSR count). The maximum atomic E-state index is 9.68. The molecule has 0 spiro atoms. The Morgan fingerprint density at radius 1 is 1.20 bits per heavy atom. The fourth-order valence-corrected chi connectivity index (χ4v) is 2.50. The van der Waals surface area contributed by atoms with Gasteiger partial charge in [-0.15, -0.1) is 10.2 Å². The van der Waals surface area contributed by atoms with Crippen molar-refractivity contribution in [1.29, 1.82) is 5.26 Å². The Balaban J connectivity index is 2.03. The highest BCUT2D eigenvalue weighted by molar-refractivity contribution is 5.88. The summed E-state index contributed by atoms with van der Waals surface area (Å²) >= 11 is 0. The van der Waals surface area contributed by atoms with E-state index in [1.807, 2.05) is 37.4 Å². The Bertz CT molecular complexity index is 969. The van der Waals surface area contributed by atoms with E-state index in [9.17, 15) is 10.4 Å². The molecule has 2 aromatic carbocycles. The highest BCUT2D eigenvalue weighted by Gasteiger charge is 2.14. The van der Waals surface area contributed by atoms with E-state index < -0.39 is 0 Å². The number of rotatable bonds is 4. The Labute approximate surface area is 145 Å². The normalized spacial score (nSPS) is 11.2. The maximum absolute atomic E-state index is 9.68. The van der Waals surface area contributed by atoms with Crippen LogP contribution in [-0.4, -0.2) is 27.0 Å². The SMILES string of the molecule is COc1cc(/C=C(/C#N)c2nnc(-c3ccccc3)n2C)ccc1O. The molecule has 1 heterocycles. The molecule has 0 radical (unpaired) electrons. The third-order valence-electron chi connectivity index (χ3n) is 3.78. The second-order valence-electron chi connectivity index (χ2n) is 5.37. The molecule has 1 N–H and O–H groups in total. The van der Waals surface area contributed by atoms with Gasteiger partial charge in [0.1, 0.15) is 6.07 Å².